The minimum atomic E-state index is -0.970. The fraction of sp³-hybridized carbons (Fsp3) is 0.467. The van der Waals surface area contributed by atoms with Gasteiger partial charge in [0.2, 0.25) is 0 Å². The quantitative estimate of drug-likeness (QED) is 0.899. The topological polar surface area (TPSA) is 75.1 Å². The van der Waals surface area contributed by atoms with Crippen LogP contribution in [0.4, 0.5) is 0 Å². The number of fused-ring (bicyclic) bond motifs is 1. The summed E-state index contributed by atoms with van der Waals surface area (Å²) in [6.45, 7) is 0.659. The van der Waals surface area contributed by atoms with Gasteiger partial charge < -0.3 is 10.1 Å². The molecule has 20 heavy (non-hydrogen) atoms. The summed E-state index contributed by atoms with van der Waals surface area (Å²) < 4.78 is 1.67. The van der Waals surface area contributed by atoms with E-state index >= 15 is 0 Å². The van der Waals surface area contributed by atoms with Gasteiger partial charge in [0, 0.05) is 6.54 Å². The summed E-state index contributed by atoms with van der Waals surface area (Å²) in [5.74, 6) is -0.266. The SMILES string of the molecule is O=C(O)c1ccc2[nH]c(=O)n(CCC3CCCC3)c2c1. The van der Waals surface area contributed by atoms with Crippen LogP contribution in [-0.2, 0) is 6.54 Å². The molecule has 0 bridgehead atoms. The zero-order chi connectivity index (χ0) is 14.1. The number of carboxylic acid groups (broad SMARTS) is 1. The van der Waals surface area contributed by atoms with Crippen LogP contribution in [0.1, 0.15) is 42.5 Å². The summed E-state index contributed by atoms with van der Waals surface area (Å²) >= 11 is 0. The van der Waals surface area contributed by atoms with E-state index in [0.717, 1.165) is 6.42 Å². The van der Waals surface area contributed by atoms with Gasteiger partial charge in [-0.2, -0.15) is 0 Å². The van der Waals surface area contributed by atoms with Crippen LogP contribution in [0.3, 0.4) is 0 Å². The number of aromatic nitrogens is 2. The summed E-state index contributed by atoms with van der Waals surface area (Å²) in [5.41, 5.74) is 1.45. The maximum atomic E-state index is 12.0. The lowest BCUT2D eigenvalue weighted by atomic mass is 10.0. The minimum absolute atomic E-state index is 0.152. The van der Waals surface area contributed by atoms with Crippen molar-refractivity contribution in [3.63, 3.8) is 0 Å². The Kier molecular flexibility index (Phi) is 3.34. The predicted octanol–water partition coefficient (Wildman–Crippen LogP) is 2.61. The summed E-state index contributed by atoms with van der Waals surface area (Å²) in [6, 6.07) is 4.75. The second-order valence-electron chi connectivity index (χ2n) is 5.56. The Morgan fingerprint density at radius 2 is 2.10 bits per heavy atom. The maximum Gasteiger partial charge on any atom is 0.335 e. The lowest BCUT2D eigenvalue weighted by Crippen LogP contribution is -2.18. The molecule has 5 heteroatoms. The van der Waals surface area contributed by atoms with Crippen LogP contribution in [0.5, 0.6) is 0 Å². The van der Waals surface area contributed by atoms with Gasteiger partial charge in [-0.1, -0.05) is 25.7 Å². The highest BCUT2D eigenvalue weighted by Crippen LogP contribution is 2.28. The van der Waals surface area contributed by atoms with Gasteiger partial charge in [0.1, 0.15) is 0 Å². The van der Waals surface area contributed by atoms with Crippen LogP contribution >= 0.6 is 0 Å². The highest BCUT2D eigenvalue weighted by atomic mass is 16.4. The molecule has 1 saturated carbocycles. The Morgan fingerprint density at radius 1 is 1.35 bits per heavy atom. The predicted molar refractivity (Wildman–Crippen MR) is 76.1 cm³/mol. The molecular formula is C15H18N2O3. The molecule has 1 aromatic carbocycles. The molecule has 2 aromatic rings. The zero-order valence-corrected chi connectivity index (χ0v) is 11.3. The largest absolute Gasteiger partial charge is 0.478 e. The first-order valence-electron chi connectivity index (χ1n) is 7.11. The van der Waals surface area contributed by atoms with Gasteiger partial charge in [-0.05, 0) is 30.5 Å². The monoisotopic (exact) mass is 274 g/mol. The number of H-pyrrole nitrogens is 1. The van der Waals surface area contributed by atoms with Crippen molar-refractivity contribution in [3.8, 4) is 0 Å². The van der Waals surface area contributed by atoms with Gasteiger partial charge in [-0.25, -0.2) is 9.59 Å². The van der Waals surface area contributed by atoms with Crippen molar-refractivity contribution in [1.29, 1.82) is 0 Å². The molecule has 1 aliphatic carbocycles. The molecule has 1 heterocycles. The van der Waals surface area contributed by atoms with Crippen molar-refractivity contribution in [2.45, 2.75) is 38.6 Å². The van der Waals surface area contributed by atoms with E-state index in [-0.39, 0.29) is 11.3 Å². The van der Waals surface area contributed by atoms with E-state index in [2.05, 4.69) is 4.98 Å². The van der Waals surface area contributed by atoms with Crippen molar-refractivity contribution in [2.24, 2.45) is 5.92 Å². The number of rotatable bonds is 4. The van der Waals surface area contributed by atoms with Crippen molar-refractivity contribution in [1.82, 2.24) is 9.55 Å². The number of imidazole rings is 1. The average molecular weight is 274 g/mol. The number of carbonyl (C=O) groups is 1. The number of hydrogen-bond donors (Lipinski definition) is 2. The van der Waals surface area contributed by atoms with Crippen molar-refractivity contribution >= 4 is 17.0 Å². The summed E-state index contributed by atoms with van der Waals surface area (Å²) in [6.07, 6.45) is 6.06. The molecule has 1 fully saturated rings. The zero-order valence-electron chi connectivity index (χ0n) is 11.3. The Labute approximate surface area is 116 Å². The van der Waals surface area contributed by atoms with Crippen LogP contribution in [-0.4, -0.2) is 20.6 Å². The first-order chi connectivity index (χ1) is 9.65. The molecule has 1 aromatic heterocycles. The number of carboxylic acids is 1. The highest BCUT2D eigenvalue weighted by molar-refractivity contribution is 5.92. The van der Waals surface area contributed by atoms with Gasteiger partial charge in [0.15, 0.2) is 0 Å². The first kappa shape index (κ1) is 13.0. The maximum absolute atomic E-state index is 12.0. The average Bonchev–Trinajstić information content (AvgIpc) is 3.02. The molecule has 0 unspecified atom stereocenters. The molecule has 0 saturated heterocycles. The van der Waals surface area contributed by atoms with Gasteiger partial charge in [-0.3, -0.25) is 4.57 Å². The third-order valence-corrected chi connectivity index (χ3v) is 4.26. The van der Waals surface area contributed by atoms with Crippen LogP contribution in [0.15, 0.2) is 23.0 Å². The molecule has 106 valence electrons. The normalized spacial score (nSPS) is 16.0. The fourth-order valence-electron chi connectivity index (χ4n) is 3.12. The number of aromatic amines is 1. The number of nitrogens with zero attached hydrogens (tertiary/aromatic N) is 1. The summed E-state index contributed by atoms with van der Waals surface area (Å²) in [4.78, 5) is 25.8. The Hall–Kier alpha value is -2.04. The standard InChI is InChI=1S/C15H18N2O3/c18-14(19)11-5-6-12-13(9-11)17(15(20)16-12)8-7-10-3-1-2-4-10/h5-6,9-10H,1-4,7-8H2,(H,16,20)(H,18,19). The molecule has 2 N–H and O–H groups in total. The third kappa shape index (κ3) is 2.35. The van der Waals surface area contributed by atoms with Gasteiger partial charge in [0.05, 0.1) is 16.6 Å². The van der Waals surface area contributed by atoms with E-state index in [1.165, 1.54) is 31.7 Å². The minimum Gasteiger partial charge on any atom is -0.478 e. The lowest BCUT2D eigenvalue weighted by molar-refractivity contribution is 0.0697. The molecule has 5 nitrogen and oxygen atoms in total. The molecule has 0 atom stereocenters. The van der Waals surface area contributed by atoms with Gasteiger partial charge >= 0.3 is 11.7 Å². The Bertz CT molecular complexity index is 693. The first-order valence-corrected chi connectivity index (χ1v) is 7.11. The second kappa shape index (κ2) is 5.15. The molecule has 0 radical (unpaired) electrons. The number of hydrogen-bond acceptors (Lipinski definition) is 2. The van der Waals surface area contributed by atoms with Gasteiger partial charge in [0.25, 0.3) is 0 Å². The molecular weight excluding hydrogens is 256 g/mol. The van der Waals surface area contributed by atoms with Crippen LogP contribution in [0, 0.1) is 5.92 Å². The molecule has 0 aliphatic heterocycles. The van der Waals surface area contributed by atoms with E-state index in [4.69, 9.17) is 5.11 Å². The molecule has 0 spiro atoms. The second-order valence-corrected chi connectivity index (χ2v) is 5.56. The van der Waals surface area contributed by atoms with Crippen LogP contribution < -0.4 is 5.69 Å². The summed E-state index contributed by atoms with van der Waals surface area (Å²) in [5, 5.41) is 9.05. The van der Waals surface area contributed by atoms with Crippen LogP contribution in [0.2, 0.25) is 0 Å². The Balaban J connectivity index is 1.91. The Morgan fingerprint density at radius 3 is 2.80 bits per heavy atom. The fourth-order valence-corrected chi connectivity index (χ4v) is 3.12. The van der Waals surface area contributed by atoms with E-state index in [1.807, 2.05) is 0 Å². The number of nitrogens with one attached hydrogen (secondary N) is 1. The number of aryl methyl sites for hydroxylation is 1. The van der Waals surface area contributed by atoms with Crippen LogP contribution in [0.25, 0.3) is 11.0 Å². The van der Waals surface area contributed by atoms with Crippen molar-refractivity contribution in [2.75, 3.05) is 0 Å². The van der Waals surface area contributed by atoms with E-state index in [9.17, 15) is 9.59 Å². The van der Waals surface area contributed by atoms with Crippen molar-refractivity contribution < 1.29 is 9.90 Å². The lowest BCUT2D eigenvalue weighted by Gasteiger charge is -2.09. The summed E-state index contributed by atoms with van der Waals surface area (Å²) in [7, 11) is 0. The van der Waals surface area contributed by atoms with Gasteiger partial charge in [-0.15, -0.1) is 0 Å². The molecule has 3 rings (SSSR count). The number of benzene rings is 1. The van der Waals surface area contributed by atoms with Crippen molar-refractivity contribution in [3.05, 3.63) is 34.2 Å². The molecule has 0 amide bonds. The van der Waals surface area contributed by atoms with E-state index in [1.54, 1.807) is 16.7 Å². The third-order valence-electron chi connectivity index (χ3n) is 4.26. The molecule has 1 aliphatic rings. The van der Waals surface area contributed by atoms with E-state index < -0.39 is 5.97 Å². The highest BCUT2D eigenvalue weighted by Gasteiger charge is 2.16. The van der Waals surface area contributed by atoms with E-state index in [0.29, 0.717) is 23.5 Å². The number of aromatic carboxylic acids is 1. The smallest absolute Gasteiger partial charge is 0.335 e.